The number of nitrogens with one attached hydrogen (secondary N) is 1. The van der Waals surface area contributed by atoms with Crippen LogP contribution in [0.5, 0.6) is 46.0 Å². The summed E-state index contributed by atoms with van der Waals surface area (Å²) in [5.74, 6) is 3.74. The lowest BCUT2D eigenvalue weighted by Crippen LogP contribution is -2.37. The fraction of sp³-hybridized carbons (Fsp3) is 0.0526. The number of aliphatic hydroxyl groups excluding tert-OH is 2. The number of ether oxygens (including phenoxy) is 2. The van der Waals surface area contributed by atoms with Crippen molar-refractivity contribution in [3.05, 3.63) is 169 Å². The van der Waals surface area contributed by atoms with Gasteiger partial charge in [0.2, 0.25) is 0 Å². The molecule has 3 N–H and O–H groups in total. The van der Waals surface area contributed by atoms with Crippen LogP contribution in [-0.4, -0.2) is 19.4 Å². The zero-order chi connectivity index (χ0) is 35.5. The third-order valence-electron chi connectivity index (χ3n) is 7.35. The maximum Gasteiger partial charge on any atom is 0.332 e. The summed E-state index contributed by atoms with van der Waals surface area (Å²) in [7, 11) is -3.92. The second-order valence-corrected chi connectivity index (χ2v) is 15.6. The first-order valence-corrected chi connectivity index (χ1v) is 19.5. The molecule has 1 aliphatic heterocycles. The molecule has 1 heterocycles. The van der Waals surface area contributed by atoms with E-state index in [0.717, 1.165) is 0 Å². The second kappa shape index (κ2) is 17.6. The van der Waals surface area contributed by atoms with Gasteiger partial charge in [-0.2, -0.15) is 0 Å². The molecule has 0 radical (unpaired) electrons. The highest BCUT2D eigenvalue weighted by atomic mass is 31.3. The summed E-state index contributed by atoms with van der Waals surface area (Å²) in [5, 5.41) is 21.1. The van der Waals surface area contributed by atoms with Gasteiger partial charge >= 0.3 is 8.45 Å². The molecule has 6 aromatic rings. The van der Waals surface area contributed by atoms with Crippen LogP contribution in [0.3, 0.4) is 0 Å². The van der Waals surface area contributed by atoms with E-state index in [1.807, 2.05) is 133 Å². The summed E-state index contributed by atoms with van der Waals surface area (Å²) >= 11 is 0. The van der Waals surface area contributed by atoms with Crippen molar-refractivity contribution in [1.29, 1.82) is 0 Å². The highest BCUT2D eigenvalue weighted by molar-refractivity contribution is 7.74. The molecule has 264 valence electrons. The number of hydrogen-bond acceptors (Lipinski definition) is 11. The Balaban J connectivity index is 1.28. The summed E-state index contributed by atoms with van der Waals surface area (Å²) in [5.41, 5.74) is 0.921. The van der Waals surface area contributed by atoms with Crippen molar-refractivity contribution in [2.75, 3.05) is 0 Å². The Labute approximate surface area is 305 Å². The standard InChI is InChI=1S/C38H34N3O8P3/c42-27-29-15-13-14-24-35(29)47-41-51(39-50-40(46-32-20-9-3-10-21-32)52(41)48-33-22-11-4-12-23-33)49-36-25-26-37(44-30-16-5-1-6-17-30)38(34(36)28-43)45-31-18-7-2-8-19-31/h1-26,39,42-43,50H,27-28H2. The highest BCUT2D eigenvalue weighted by Gasteiger charge is 2.47. The van der Waals surface area contributed by atoms with Crippen LogP contribution in [0.1, 0.15) is 11.1 Å². The van der Waals surface area contributed by atoms with Crippen LogP contribution in [0.15, 0.2) is 158 Å². The van der Waals surface area contributed by atoms with E-state index in [-0.39, 0.29) is 15.5 Å². The zero-order valence-corrected chi connectivity index (χ0v) is 30.3. The molecule has 1 fully saturated rings. The molecule has 0 amide bonds. The number of aliphatic hydroxyl groups is 2. The lowest BCUT2D eigenvalue weighted by Gasteiger charge is -2.42. The molecular formula is C38H34N3O8P3. The minimum atomic E-state index is -1.90. The van der Waals surface area contributed by atoms with E-state index in [1.165, 1.54) is 0 Å². The van der Waals surface area contributed by atoms with Crippen LogP contribution >= 0.6 is 25.8 Å². The molecule has 1 aliphatic rings. The normalized spacial score (nSPS) is 16.6. The maximum absolute atomic E-state index is 10.9. The van der Waals surface area contributed by atoms with E-state index in [1.54, 1.807) is 33.5 Å². The molecule has 0 saturated carbocycles. The van der Waals surface area contributed by atoms with E-state index in [9.17, 15) is 10.2 Å². The molecule has 1 saturated heterocycles. The smallest absolute Gasteiger partial charge is 0.332 e. The Morgan fingerprint density at radius 2 is 1.08 bits per heavy atom. The fourth-order valence-corrected chi connectivity index (χ4v) is 10.5. The van der Waals surface area contributed by atoms with Crippen molar-refractivity contribution >= 4 is 25.8 Å². The summed E-state index contributed by atoms with van der Waals surface area (Å²) in [6.07, 6.45) is 0. The van der Waals surface area contributed by atoms with Crippen molar-refractivity contribution in [1.82, 2.24) is 14.1 Å². The number of para-hydroxylation sites is 5. The average molecular weight is 754 g/mol. The molecule has 52 heavy (non-hydrogen) atoms. The highest BCUT2D eigenvalue weighted by Crippen LogP contribution is 2.66. The summed E-state index contributed by atoms with van der Waals surface area (Å²) in [4.78, 5) is 16.4. The van der Waals surface area contributed by atoms with Gasteiger partial charge < -0.3 is 38.4 Å². The number of benzene rings is 6. The van der Waals surface area contributed by atoms with Crippen LogP contribution in [0, 0.1) is 0 Å². The van der Waals surface area contributed by atoms with Crippen molar-refractivity contribution in [3.63, 3.8) is 0 Å². The van der Waals surface area contributed by atoms with E-state index in [4.69, 9.17) is 28.2 Å². The lowest BCUT2D eigenvalue weighted by molar-refractivity contribution is 0.0657. The Hall–Kier alpha value is -4.79. The molecule has 3 atom stereocenters. The SMILES string of the molecule is OCc1ccccc1ON1P(Oc2ccc(Oc3ccccc3)c(Oc3ccccc3)c2CO)NPN(Oc2ccccc2)P1Oc1ccccc1. The van der Waals surface area contributed by atoms with Gasteiger partial charge in [0.1, 0.15) is 28.7 Å². The largest absolute Gasteiger partial charge is 0.453 e. The summed E-state index contributed by atoms with van der Waals surface area (Å²) < 4.78 is 29.2. The summed E-state index contributed by atoms with van der Waals surface area (Å²) in [6.45, 7) is -0.681. The van der Waals surface area contributed by atoms with Crippen LogP contribution in [-0.2, 0) is 13.2 Å². The van der Waals surface area contributed by atoms with Crippen LogP contribution in [0.25, 0.3) is 0 Å². The molecule has 3 unspecified atom stereocenters. The predicted molar refractivity (Wildman–Crippen MR) is 202 cm³/mol. The molecule has 11 nitrogen and oxygen atoms in total. The summed E-state index contributed by atoms with van der Waals surface area (Å²) in [6, 6.07) is 47.9. The molecular weight excluding hydrogens is 719 g/mol. The van der Waals surface area contributed by atoms with Gasteiger partial charge in [0.15, 0.2) is 17.2 Å². The van der Waals surface area contributed by atoms with E-state index >= 15 is 0 Å². The topological polar surface area (TPSA) is 114 Å². The molecule has 14 heteroatoms. The fourth-order valence-electron chi connectivity index (χ4n) is 4.87. The van der Waals surface area contributed by atoms with Crippen LogP contribution in [0.4, 0.5) is 0 Å². The number of nitrogens with zero attached hydrogens (tertiary/aromatic N) is 2. The zero-order valence-electron chi connectivity index (χ0n) is 27.6. The average Bonchev–Trinajstić information content (AvgIpc) is 3.19. The molecule has 7 rings (SSSR count). The quantitative estimate of drug-likeness (QED) is 0.0924. The van der Waals surface area contributed by atoms with Crippen LogP contribution < -0.4 is 33.1 Å². The first kappa shape index (κ1) is 35.6. The molecule has 0 aliphatic carbocycles. The van der Waals surface area contributed by atoms with Gasteiger partial charge in [-0.25, -0.2) is 4.86 Å². The first-order chi connectivity index (χ1) is 25.7. The van der Waals surface area contributed by atoms with Gasteiger partial charge in [0.25, 0.3) is 8.45 Å². The van der Waals surface area contributed by atoms with E-state index in [0.29, 0.717) is 57.1 Å². The van der Waals surface area contributed by atoms with Gasteiger partial charge in [0.05, 0.1) is 27.7 Å². The maximum atomic E-state index is 10.9. The number of rotatable bonds is 14. The first-order valence-electron chi connectivity index (χ1n) is 16.1. The molecule has 0 aromatic heterocycles. The van der Waals surface area contributed by atoms with Crippen molar-refractivity contribution in [3.8, 4) is 46.0 Å². The molecule has 6 aromatic carbocycles. The monoisotopic (exact) mass is 753 g/mol. The Bertz CT molecular complexity index is 2020. The minimum absolute atomic E-state index is 0.143. The van der Waals surface area contributed by atoms with Crippen molar-refractivity contribution in [2.24, 2.45) is 0 Å². The predicted octanol–water partition coefficient (Wildman–Crippen LogP) is 9.87. The Morgan fingerprint density at radius 1 is 0.519 bits per heavy atom. The second-order valence-electron chi connectivity index (χ2n) is 10.9. The molecule has 0 bridgehead atoms. The number of hydrogen-bond donors (Lipinski definition) is 3. The Kier molecular flexibility index (Phi) is 12.1. The molecule has 0 spiro atoms. The van der Waals surface area contributed by atoms with Crippen LogP contribution in [0.2, 0.25) is 0 Å². The van der Waals surface area contributed by atoms with Gasteiger partial charge in [-0.1, -0.05) is 91.0 Å². The van der Waals surface area contributed by atoms with Crippen molar-refractivity contribution in [2.45, 2.75) is 13.2 Å². The van der Waals surface area contributed by atoms with E-state index < -0.39 is 23.5 Å². The van der Waals surface area contributed by atoms with E-state index in [2.05, 4.69) is 4.86 Å². The third-order valence-corrected chi connectivity index (χ3v) is 12.5. The van der Waals surface area contributed by atoms with Crippen molar-refractivity contribution < 1.29 is 38.4 Å². The minimum Gasteiger partial charge on any atom is -0.453 e. The Morgan fingerprint density at radius 3 is 1.71 bits per heavy atom. The van der Waals surface area contributed by atoms with Gasteiger partial charge in [0, 0.05) is 10.2 Å². The third kappa shape index (κ3) is 8.80. The van der Waals surface area contributed by atoms with Gasteiger partial charge in [-0.05, 0) is 71.3 Å². The lowest BCUT2D eigenvalue weighted by atomic mass is 10.1. The van der Waals surface area contributed by atoms with Gasteiger partial charge in [-0.15, -0.1) is 0 Å². The van der Waals surface area contributed by atoms with Gasteiger partial charge in [-0.3, -0.25) is 0 Å².